The first kappa shape index (κ1) is 12.5. The van der Waals surface area contributed by atoms with E-state index in [2.05, 4.69) is 18.3 Å². The highest BCUT2D eigenvalue weighted by Crippen LogP contribution is 2.34. The molecule has 1 N–H and O–H groups in total. The average molecular weight is 274 g/mol. The van der Waals surface area contributed by atoms with Crippen molar-refractivity contribution in [2.75, 3.05) is 6.54 Å². The molecule has 3 aromatic rings. The third-order valence-electron chi connectivity index (χ3n) is 3.35. The summed E-state index contributed by atoms with van der Waals surface area (Å²) in [5, 5.41) is 7.39. The van der Waals surface area contributed by atoms with Gasteiger partial charge in [-0.15, -0.1) is 0 Å². The molecule has 0 saturated carbocycles. The highest BCUT2D eigenvalue weighted by molar-refractivity contribution is 6.37. The summed E-state index contributed by atoms with van der Waals surface area (Å²) in [6.07, 6.45) is 2.95. The Morgan fingerprint density at radius 2 is 1.95 bits per heavy atom. The van der Waals surface area contributed by atoms with Crippen LogP contribution in [-0.2, 0) is 6.54 Å². The topological polar surface area (TPSA) is 25.2 Å². The van der Waals surface area contributed by atoms with Gasteiger partial charge in [-0.25, -0.2) is 0 Å². The normalized spacial score (nSPS) is 11.5. The molecule has 0 fully saturated rings. The van der Waals surface area contributed by atoms with Crippen LogP contribution in [0.4, 0.5) is 0 Å². The molecule has 2 nitrogen and oxygen atoms in total. The molecule has 0 aliphatic rings. The van der Waals surface area contributed by atoms with Gasteiger partial charge in [-0.3, -0.25) is 0 Å². The Balaban J connectivity index is 2.13. The summed E-state index contributed by atoms with van der Waals surface area (Å²) in [6, 6.07) is 10.1. The van der Waals surface area contributed by atoms with Crippen molar-refractivity contribution in [2.45, 2.75) is 19.9 Å². The third kappa shape index (κ3) is 2.22. The van der Waals surface area contributed by atoms with E-state index < -0.39 is 0 Å². The molecule has 1 aromatic heterocycles. The van der Waals surface area contributed by atoms with Crippen LogP contribution in [-0.4, -0.2) is 6.54 Å². The Hall–Kier alpha value is -1.51. The lowest BCUT2D eigenvalue weighted by atomic mass is 10.1. The highest BCUT2D eigenvalue weighted by Gasteiger charge is 2.11. The van der Waals surface area contributed by atoms with Gasteiger partial charge < -0.3 is 9.73 Å². The molecule has 0 saturated heterocycles. The van der Waals surface area contributed by atoms with E-state index in [0.29, 0.717) is 0 Å². The lowest BCUT2D eigenvalue weighted by molar-refractivity contribution is 0.603. The predicted molar refractivity (Wildman–Crippen MR) is 80.7 cm³/mol. The highest BCUT2D eigenvalue weighted by atomic mass is 35.5. The monoisotopic (exact) mass is 273 g/mol. The summed E-state index contributed by atoms with van der Waals surface area (Å²) in [7, 11) is 0. The Kier molecular flexibility index (Phi) is 3.45. The SMILES string of the molecule is CCCNCc1coc2c1cc(Cl)c1ccccc12. The van der Waals surface area contributed by atoms with Crippen molar-refractivity contribution in [1.82, 2.24) is 5.32 Å². The van der Waals surface area contributed by atoms with Crippen LogP contribution in [0.15, 0.2) is 41.0 Å². The Morgan fingerprint density at radius 3 is 2.74 bits per heavy atom. The van der Waals surface area contributed by atoms with Gasteiger partial charge in [-0.1, -0.05) is 42.8 Å². The van der Waals surface area contributed by atoms with Crippen molar-refractivity contribution >= 4 is 33.3 Å². The van der Waals surface area contributed by atoms with Crippen molar-refractivity contribution in [3.8, 4) is 0 Å². The maximum atomic E-state index is 6.36. The van der Waals surface area contributed by atoms with Crippen molar-refractivity contribution < 1.29 is 4.42 Å². The second kappa shape index (κ2) is 5.24. The fraction of sp³-hybridized carbons (Fsp3) is 0.250. The molecule has 0 bridgehead atoms. The lowest BCUT2D eigenvalue weighted by Crippen LogP contribution is -2.13. The number of benzene rings is 2. The van der Waals surface area contributed by atoms with Gasteiger partial charge in [0.1, 0.15) is 5.58 Å². The molecule has 3 rings (SSSR count). The molecule has 3 heteroatoms. The largest absolute Gasteiger partial charge is 0.463 e. The van der Waals surface area contributed by atoms with E-state index in [1.807, 2.05) is 30.5 Å². The molecular formula is C16H16ClNO. The molecule has 2 aromatic carbocycles. The van der Waals surface area contributed by atoms with Crippen LogP contribution in [0.2, 0.25) is 5.02 Å². The zero-order chi connectivity index (χ0) is 13.2. The third-order valence-corrected chi connectivity index (χ3v) is 3.66. The van der Waals surface area contributed by atoms with Crippen LogP contribution >= 0.6 is 11.6 Å². The molecule has 0 atom stereocenters. The minimum Gasteiger partial charge on any atom is -0.463 e. The molecule has 1 heterocycles. The number of fused-ring (bicyclic) bond motifs is 3. The summed E-state index contributed by atoms with van der Waals surface area (Å²) >= 11 is 6.36. The molecule has 0 spiro atoms. The van der Waals surface area contributed by atoms with Gasteiger partial charge in [0.2, 0.25) is 0 Å². The minimum atomic E-state index is 0.779. The average Bonchev–Trinajstić information content (AvgIpc) is 2.83. The zero-order valence-electron chi connectivity index (χ0n) is 10.9. The van der Waals surface area contributed by atoms with E-state index in [1.54, 1.807) is 0 Å². The maximum absolute atomic E-state index is 6.36. The minimum absolute atomic E-state index is 0.779. The van der Waals surface area contributed by atoms with Crippen molar-refractivity contribution in [2.24, 2.45) is 0 Å². The Morgan fingerprint density at radius 1 is 1.16 bits per heavy atom. The van der Waals surface area contributed by atoms with Gasteiger partial charge in [0.25, 0.3) is 0 Å². The molecular weight excluding hydrogens is 258 g/mol. The fourth-order valence-electron chi connectivity index (χ4n) is 2.40. The van der Waals surface area contributed by atoms with Gasteiger partial charge in [0, 0.05) is 33.3 Å². The standard InChI is InChI=1S/C16H16ClNO/c1-2-7-18-9-11-10-19-16-13-6-4-3-5-12(13)15(17)8-14(11)16/h3-6,8,10,18H,2,7,9H2,1H3. The summed E-state index contributed by atoms with van der Waals surface area (Å²) in [5.41, 5.74) is 2.09. The van der Waals surface area contributed by atoms with Crippen molar-refractivity contribution in [1.29, 1.82) is 0 Å². The lowest BCUT2D eigenvalue weighted by Gasteiger charge is -2.03. The number of hydrogen-bond donors (Lipinski definition) is 1. The molecule has 0 unspecified atom stereocenters. The molecule has 0 amide bonds. The number of halogens is 1. The smallest absolute Gasteiger partial charge is 0.142 e. The van der Waals surface area contributed by atoms with Crippen LogP contribution in [0.1, 0.15) is 18.9 Å². The number of rotatable bonds is 4. The fourth-order valence-corrected chi connectivity index (χ4v) is 2.67. The van der Waals surface area contributed by atoms with Crippen LogP contribution in [0.25, 0.3) is 21.7 Å². The van der Waals surface area contributed by atoms with Crippen LogP contribution in [0.5, 0.6) is 0 Å². The quantitative estimate of drug-likeness (QED) is 0.695. The summed E-state index contributed by atoms with van der Waals surface area (Å²) in [5.74, 6) is 0. The summed E-state index contributed by atoms with van der Waals surface area (Å²) < 4.78 is 5.75. The van der Waals surface area contributed by atoms with Gasteiger partial charge >= 0.3 is 0 Å². The van der Waals surface area contributed by atoms with E-state index >= 15 is 0 Å². The van der Waals surface area contributed by atoms with Gasteiger partial charge in [-0.2, -0.15) is 0 Å². The van der Waals surface area contributed by atoms with Crippen molar-refractivity contribution in [3.05, 3.63) is 47.2 Å². The molecule has 19 heavy (non-hydrogen) atoms. The van der Waals surface area contributed by atoms with E-state index in [1.165, 1.54) is 0 Å². The molecule has 0 aliphatic carbocycles. The first-order valence-electron chi connectivity index (χ1n) is 6.59. The molecule has 98 valence electrons. The second-order valence-electron chi connectivity index (χ2n) is 4.72. The number of nitrogens with one attached hydrogen (secondary N) is 1. The van der Waals surface area contributed by atoms with Gasteiger partial charge in [0.15, 0.2) is 0 Å². The van der Waals surface area contributed by atoms with E-state index in [-0.39, 0.29) is 0 Å². The summed E-state index contributed by atoms with van der Waals surface area (Å²) in [4.78, 5) is 0. The Bertz CT molecular complexity index is 717. The summed E-state index contributed by atoms with van der Waals surface area (Å²) in [6.45, 7) is 3.98. The molecule has 0 aliphatic heterocycles. The first-order valence-corrected chi connectivity index (χ1v) is 6.97. The van der Waals surface area contributed by atoms with E-state index in [0.717, 1.165) is 51.8 Å². The first-order chi connectivity index (χ1) is 9.31. The van der Waals surface area contributed by atoms with E-state index in [4.69, 9.17) is 16.0 Å². The number of hydrogen-bond acceptors (Lipinski definition) is 2. The van der Waals surface area contributed by atoms with E-state index in [9.17, 15) is 0 Å². The zero-order valence-corrected chi connectivity index (χ0v) is 11.6. The Labute approximate surface area is 117 Å². The van der Waals surface area contributed by atoms with Crippen LogP contribution in [0, 0.1) is 0 Å². The van der Waals surface area contributed by atoms with Crippen LogP contribution < -0.4 is 5.32 Å². The van der Waals surface area contributed by atoms with Gasteiger partial charge in [-0.05, 0) is 19.0 Å². The van der Waals surface area contributed by atoms with Gasteiger partial charge in [0.05, 0.1) is 6.26 Å². The van der Waals surface area contributed by atoms with Crippen molar-refractivity contribution in [3.63, 3.8) is 0 Å². The van der Waals surface area contributed by atoms with Crippen LogP contribution in [0.3, 0.4) is 0 Å². The maximum Gasteiger partial charge on any atom is 0.142 e. The predicted octanol–water partition coefficient (Wildman–Crippen LogP) is 4.74. The number of furan rings is 1. The molecule has 0 radical (unpaired) electrons. The second-order valence-corrected chi connectivity index (χ2v) is 5.13.